The van der Waals surface area contributed by atoms with Crippen molar-refractivity contribution in [3.8, 4) is 11.5 Å². The number of ketones is 1. The molecule has 2 saturated carbocycles. The Morgan fingerprint density at radius 3 is 2.30 bits per heavy atom. The van der Waals surface area contributed by atoms with Crippen LogP contribution in [0, 0.1) is 29.6 Å². The maximum Gasteiger partial charge on any atom is 0.229 e. The summed E-state index contributed by atoms with van der Waals surface area (Å²) in [4.78, 5) is 14.6. The predicted molar refractivity (Wildman–Crippen MR) is 169 cm³/mol. The fraction of sp³-hybridized carbons (Fsp3) is 0.686. The SMILES string of the molecule is Cc1c(O)c(O[C@@H]2O[C@H](CO)[C@@H](O)[C@H](O)[C@H]2O)cc2c1C=C[C@@H]1[C@@]2(C)C(=O)C[C@]2(C)[C@@H]([C@@](C)(O)C(O)/C=C/C(C)(C)O)C(O)C[C@@]12C. The van der Waals surface area contributed by atoms with Crippen molar-refractivity contribution >= 4 is 11.9 Å². The summed E-state index contributed by atoms with van der Waals surface area (Å²) in [5.41, 5.74) is -4.55. The monoisotopic (exact) mass is 662 g/mol. The van der Waals surface area contributed by atoms with E-state index in [9.17, 15) is 50.8 Å². The molecule has 1 heterocycles. The van der Waals surface area contributed by atoms with Gasteiger partial charge in [-0.2, -0.15) is 0 Å². The van der Waals surface area contributed by atoms with Crippen molar-refractivity contribution in [1.29, 1.82) is 0 Å². The van der Waals surface area contributed by atoms with Gasteiger partial charge in [-0.15, -0.1) is 0 Å². The third-order valence-corrected chi connectivity index (χ3v) is 12.0. The van der Waals surface area contributed by atoms with Crippen molar-refractivity contribution in [2.24, 2.45) is 22.7 Å². The number of allylic oxidation sites excluding steroid dienone is 1. The lowest BCUT2D eigenvalue weighted by atomic mass is 9.42. The second-order valence-corrected chi connectivity index (χ2v) is 15.5. The minimum atomic E-state index is -1.87. The first-order chi connectivity index (χ1) is 21.6. The summed E-state index contributed by atoms with van der Waals surface area (Å²) in [6.45, 7) is 11.1. The molecule has 5 rings (SSSR count). The third kappa shape index (κ3) is 5.28. The molecule has 1 aliphatic heterocycles. The first-order valence-electron chi connectivity index (χ1n) is 16.1. The summed E-state index contributed by atoms with van der Waals surface area (Å²) in [5.74, 6) is -2.03. The molecule has 0 radical (unpaired) electrons. The number of hydrogen-bond acceptors (Lipinski definition) is 12. The van der Waals surface area contributed by atoms with Crippen LogP contribution in [0.3, 0.4) is 0 Å². The van der Waals surface area contributed by atoms with Crippen molar-refractivity contribution in [3.05, 3.63) is 41.0 Å². The summed E-state index contributed by atoms with van der Waals surface area (Å²) < 4.78 is 11.4. The first-order valence-corrected chi connectivity index (χ1v) is 16.1. The van der Waals surface area contributed by atoms with Crippen molar-refractivity contribution in [1.82, 2.24) is 0 Å². The lowest BCUT2D eigenvalue weighted by Gasteiger charge is -2.60. The van der Waals surface area contributed by atoms with E-state index >= 15 is 0 Å². The van der Waals surface area contributed by atoms with E-state index in [1.54, 1.807) is 13.8 Å². The van der Waals surface area contributed by atoms with Crippen LogP contribution >= 0.6 is 0 Å². The number of phenolic OH excluding ortho intramolecular Hbond substituents is 1. The van der Waals surface area contributed by atoms with E-state index in [-0.39, 0.29) is 30.1 Å². The highest BCUT2D eigenvalue weighted by molar-refractivity contribution is 5.95. The average Bonchev–Trinajstić information content (AvgIpc) is 3.19. The lowest BCUT2D eigenvalue weighted by molar-refractivity contribution is -0.277. The van der Waals surface area contributed by atoms with Gasteiger partial charge in [-0.1, -0.05) is 38.2 Å². The number of phenols is 1. The molecule has 47 heavy (non-hydrogen) atoms. The number of aromatic hydroxyl groups is 1. The molecule has 3 fully saturated rings. The Hall–Kier alpha value is -2.39. The maximum absolute atomic E-state index is 14.6. The van der Waals surface area contributed by atoms with Crippen LogP contribution < -0.4 is 4.74 Å². The molecule has 13 atom stereocenters. The van der Waals surface area contributed by atoms with Gasteiger partial charge < -0.3 is 55.4 Å². The molecule has 4 aliphatic rings. The average molecular weight is 663 g/mol. The number of Topliss-reactive ketones (excluding diaryl/α,β-unsaturated/α-hetero) is 1. The van der Waals surface area contributed by atoms with E-state index in [0.717, 1.165) is 0 Å². The zero-order valence-electron chi connectivity index (χ0n) is 28.0. The predicted octanol–water partition coefficient (Wildman–Crippen LogP) is 0.585. The van der Waals surface area contributed by atoms with Crippen LogP contribution in [0.4, 0.5) is 0 Å². The number of rotatable bonds is 7. The molecule has 1 aromatic carbocycles. The van der Waals surface area contributed by atoms with Gasteiger partial charge in [0.2, 0.25) is 6.29 Å². The van der Waals surface area contributed by atoms with Gasteiger partial charge in [-0.05, 0) is 75.0 Å². The molecule has 262 valence electrons. The fourth-order valence-corrected chi connectivity index (χ4v) is 9.16. The lowest BCUT2D eigenvalue weighted by Crippen LogP contribution is -2.63. The van der Waals surface area contributed by atoms with E-state index < -0.39 is 88.8 Å². The topological polar surface area (TPSA) is 218 Å². The molecule has 12 heteroatoms. The molecule has 3 aliphatic carbocycles. The molecule has 9 N–H and O–H groups in total. The normalized spacial score (nSPS) is 42.1. The largest absolute Gasteiger partial charge is 0.504 e. The Bertz CT molecular complexity index is 1460. The number of aliphatic hydroxyl groups excluding tert-OH is 6. The number of hydrogen-bond donors (Lipinski definition) is 9. The Morgan fingerprint density at radius 1 is 1.06 bits per heavy atom. The molecule has 1 saturated heterocycles. The number of carbonyl (C=O) groups is 1. The fourth-order valence-electron chi connectivity index (χ4n) is 9.16. The van der Waals surface area contributed by atoms with E-state index in [4.69, 9.17) is 9.47 Å². The maximum atomic E-state index is 14.6. The van der Waals surface area contributed by atoms with Gasteiger partial charge in [0.05, 0.1) is 29.3 Å². The van der Waals surface area contributed by atoms with Crippen molar-refractivity contribution < 1.29 is 60.2 Å². The van der Waals surface area contributed by atoms with Crippen molar-refractivity contribution in [3.63, 3.8) is 0 Å². The minimum Gasteiger partial charge on any atom is -0.504 e. The highest BCUT2D eigenvalue weighted by atomic mass is 16.7. The molecule has 2 unspecified atom stereocenters. The van der Waals surface area contributed by atoms with Gasteiger partial charge in [0.15, 0.2) is 11.5 Å². The van der Waals surface area contributed by atoms with Crippen molar-refractivity contribution in [2.75, 3.05) is 6.61 Å². The first kappa shape index (κ1) is 35.9. The van der Waals surface area contributed by atoms with Crippen LogP contribution in [0.2, 0.25) is 0 Å². The number of carbonyl (C=O) groups excluding carboxylic acids is 1. The van der Waals surface area contributed by atoms with Crippen LogP contribution in [0.15, 0.2) is 24.3 Å². The Balaban J connectivity index is 1.56. The Labute approximate surface area is 274 Å². The summed E-state index contributed by atoms with van der Waals surface area (Å²) in [6, 6.07) is 1.50. The van der Waals surface area contributed by atoms with Gasteiger partial charge in [-0.3, -0.25) is 4.79 Å². The Kier molecular flexibility index (Phi) is 8.86. The van der Waals surface area contributed by atoms with Gasteiger partial charge in [-0.25, -0.2) is 0 Å². The molecule has 0 amide bonds. The highest BCUT2D eigenvalue weighted by Gasteiger charge is 2.72. The van der Waals surface area contributed by atoms with Crippen LogP contribution in [0.25, 0.3) is 6.08 Å². The minimum absolute atomic E-state index is 0.0492. The van der Waals surface area contributed by atoms with Gasteiger partial charge >= 0.3 is 0 Å². The standard InChI is InChI=1S/C35H50O12/c1-16-17-8-9-22-32(4)13-19(37)29(35(7,45)23(38)10-11-31(2,3)44)33(32,5)14-24(39)34(22,6)18(17)12-20(25(16)40)46-30-28(43)27(42)26(41)21(15-36)47-30/h8-12,19,21-23,26-30,36-38,40-45H,13-15H2,1-7H3/b11-10+/t19?,21-,22+,23?,26-,27+,28-,29+,30-,32+,33-,34+,35+/m1/s1. The number of benzene rings is 1. The third-order valence-electron chi connectivity index (χ3n) is 12.0. The van der Waals surface area contributed by atoms with Crippen LogP contribution in [0.5, 0.6) is 11.5 Å². The second kappa shape index (κ2) is 11.6. The molecule has 1 aromatic rings. The summed E-state index contributed by atoms with van der Waals surface area (Å²) >= 11 is 0. The van der Waals surface area contributed by atoms with Crippen molar-refractivity contribution in [2.45, 2.75) is 121 Å². The molecule has 0 aromatic heterocycles. The quantitative estimate of drug-likeness (QED) is 0.183. The summed E-state index contributed by atoms with van der Waals surface area (Å²) in [7, 11) is 0. The van der Waals surface area contributed by atoms with Gasteiger partial charge in [0, 0.05) is 17.9 Å². The molecule has 0 spiro atoms. The van der Waals surface area contributed by atoms with Gasteiger partial charge in [0.1, 0.15) is 36.3 Å². The van der Waals surface area contributed by atoms with E-state index in [1.807, 2.05) is 26.0 Å². The van der Waals surface area contributed by atoms with Gasteiger partial charge in [0.25, 0.3) is 0 Å². The number of fused-ring (bicyclic) bond motifs is 5. The van der Waals surface area contributed by atoms with E-state index in [0.29, 0.717) is 16.7 Å². The van der Waals surface area contributed by atoms with Crippen LogP contribution in [0.1, 0.15) is 71.1 Å². The Morgan fingerprint density at radius 2 is 1.70 bits per heavy atom. The molecular weight excluding hydrogens is 612 g/mol. The van der Waals surface area contributed by atoms with Crippen LogP contribution in [-0.2, 0) is 14.9 Å². The summed E-state index contributed by atoms with van der Waals surface area (Å²) in [5, 5.41) is 96.5. The summed E-state index contributed by atoms with van der Waals surface area (Å²) in [6.07, 6.45) is -3.77. The number of ether oxygens (including phenoxy) is 2. The second-order valence-electron chi connectivity index (χ2n) is 15.5. The smallest absolute Gasteiger partial charge is 0.229 e. The highest BCUT2D eigenvalue weighted by Crippen LogP contribution is 2.71. The molecule has 0 bridgehead atoms. The van der Waals surface area contributed by atoms with E-state index in [2.05, 4.69) is 0 Å². The molecular formula is C35H50O12. The molecule has 12 nitrogen and oxygen atoms in total. The number of aliphatic hydroxyl groups is 8. The zero-order valence-corrected chi connectivity index (χ0v) is 28.0. The van der Waals surface area contributed by atoms with E-state index in [1.165, 1.54) is 39.0 Å². The van der Waals surface area contributed by atoms with Crippen LogP contribution in [-0.4, -0.2) is 112 Å². The zero-order chi connectivity index (χ0) is 35.2.